The minimum Gasteiger partial charge on any atom is -0.481 e. The smallest absolute Gasteiger partial charge is 0.306 e. The summed E-state index contributed by atoms with van der Waals surface area (Å²) < 4.78 is 6.28. The quantitative estimate of drug-likeness (QED) is 0.141. The lowest BCUT2D eigenvalue weighted by molar-refractivity contribution is -0.145. The lowest BCUT2D eigenvalue weighted by Gasteiger charge is -2.40. The number of nitrogens with zero attached hydrogens (tertiary/aromatic N) is 6. The van der Waals surface area contributed by atoms with Gasteiger partial charge in [-0.3, -0.25) is 14.7 Å². The van der Waals surface area contributed by atoms with E-state index in [4.69, 9.17) is 14.4 Å². The lowest BCUT2D eigenvalue weighted by atomic mass is 9.79. The second-order valence-corrected chi connectivity index (χ2v) is 14.1. The van der Waals surface area contributed by atoms with Gasteiger partial charge in [-0.05, 0) is 97.3 Å². The van der Waals surface area contributed by atoms with Crippen molar-refractivity contribution in [3.63, 3.8) is 0 Å². The topological polar surface area (TPSA) is 152 Å². The molecule has 3 aromatic heterocycles. The van der Waals surface area contributed by atoms with E-state index in [0.717, 1.165) is 75.2 Å². The number of nitrogens with one attached hydrogen (secondary N) is 1. The normalized spacial score (nSPS) is 18.7. The number of rotatable bonds is 9. The van der Waals surface area contributed by atoms with Crippen molar-refractivity contribution in [1.29, 1.82) is 5.26 Å². The average Bonchev–Trinajstić information content (AvgIpc) is 3.73. The van der Waals surface area contributed by atoms with Crippen LogP contribution in [-0.2, 0) is 11.3 Å². The number of β-amino-alcohol motifs (C(OH)–C–C–N with tert-alkyl or cyclic N) is 1. The van der Waals surface area contributed by atoms with Gasteiger partial charge in [-0.25, -0.2) is 9.97 Å². The van der Waals surface area contributed by atoms with Gasteiger partial charge in [0.2, 0.25) is 5.89 Å². The zero-order chi connectivity index (χ0) is 36.1. The molecule has 11 nitrogen and oxygen atoms in total. The van der Waals surface area contributed by atoms with Crippen molar-refractivity contribution < 1.29 is 19.4 Å². The van der Waals surface area contributed by atoms with E-state index in [9.17, 15) is 20.3 Å². The predicted molar refractivity (Wildman–Crippen MR) is 200 cm³/mol. The van der Waals surface area contributed by atoms with Gasteiger partial charge in [0, 0.05) is 67.4 Å². The van der Waals surface area contributed by atoms with Crippen molar-refractivity contribution in [3.05, 3.63) is 95.3 Å². The first kappa shape index (κ1) is 33.3. The summed E-state index contributed by atoms with van der Waals surface area (Å²) in [7, 11) is 1.93. The second-order valence-electron chi connectivity index (χ2n) is 14.1. The molecule has 11 heteroatoms. The summed E-state index contributed by atoms with van der Waals surface area (Å²) in [5.74, 6) is 0.0103. The molecule has 2 fully saturated rings. The van der Waals surface area contributed by atoms with Gasteiger partial charge in [0.1, 0.15) is 17.1 Å². The maximum absolute atomic E-state index is 11.4. The fraction of sp³-hybridized carbons (Fsp3) is 0.293. The molecule has 1 atom stereocenters. The van der Waals surface area contributed by atoms with Crippen LogP contribution in [0.5, 0.6) is 0 Å². The van der Waals surface area contributed by atoms with Gasteiger partial charge in [0.25, 0.3) is 0 Å². The van der Waals surface area contributed by atoms with Gasteiger partial charge < -0.3 is 24.8 Å². The van der Waals surface area contributed by atoms with E-state index in [0.29, 0.717) is 47.8 Å². The van der Waals surface area contributed by atoms with E-state index in [2.05, 4.69) is 53.3 Å². The fourth-order valence-electron chi connectivity index (χ4n) is 7.58. The summed E-state index contributed by atoms with van der Waals surface area (Å²) in [6, 6.07) is 22.4. The Kier molecular flexibility index (Phi) is 8.57. The number of aliphatic carboxylic acids is 1. The number of aromatic nitrogens is 3. The highest BCUT2D eigenvalue weighted by molar-refractivity contribution is 5.92. The number of carboxylic acid groups (broad SMARTS) is 1. The molecule has 8 rings (SSSR count). The number of oxazole rings is 1. The summed E-state index contributed by atoms with van der Waals surface area (Å²) in [6.07, 6.45) is 5.38. The number of hydrogen-bond acceptors (Lipinski definition) is 10. The van der Waals surface area contributed by atoms with E-state index in [-0.39, 0.29) is 18.1 Å². The summed E-state index contributed by atoms with van der Waals surface area (Å²) in [5, 5.41) is 33.8. The molecular weight excluding hydrogens is 654 g/mol. The van der Waals surface area contributed by atoms with Crippen LogP contribution in [0.3, 0.4) is 0 Å². The molecule has 0 radical (unpaired) electrons. The highest BCUT2D eigenvalue weighted by Gasteiger charge is 2.37. The van der Waals surface area contributed by atoms with E-state index < -0.39 is 5.97 Å². The summed E-state index contributed by atoms with van der Waals surface area (Å²) in [5.41, 5.74) is 9.94. The van der Waals surface area contributed by atoms with Crippen LogP contribution in [0.15, 0.2) is 77.5 Å². The number of aliphatic hydroxyl groups is 1. The molecule has 262 valence electrons. The van der Waals surface area contributed by atoms with Crippen LogP contribution in [0.25, 0.3) is 44.6 Å². The van der Waals surface area contributed by atoms with E-state index in [1.165, 1.54) is 0 Å². The molecule has 1 aliphatic carbocycles. The third-order valence-corrected chi connectivity index (χ3v) is 10.8. The Hall–Kier alpha value is -5.83. The molecule has 1 saturated heterocycles. The number of carbonyl (C=O) groups is 1. The van der Waals surface area contributed by atoms with Gasteiger partial charge in [-0.2, -0.15) is 5.26 Å². The summed E-state index contributed by atoms with van der Waals surface area (Å²) >= 11 is 0. The molecule has 0 bridgehead atoms. The van der Waals surface area contributed by atoms with Crippen molar-refractivity contribution in [1.82, 2.24) is 19.9 Å². The molecule has 1 unspecified atom stereocenters. The zero-order valence-electron chi connectivity index (χ0n) is 29.3. The largest absolute Gasteiger partial charge is 0.481 e. The van der Waals surface area contributed by atoms with Crippen LogP contribution >= 0.6 is 0 Å². The number of nitriles is 1. The predicted octanol–water partition coefficient (Wildman–Crippen LogP) is 7.20. The lowest BCUT2D eigenvalue weighted by Crippen LogP contribution is -2.45. The van der Waals surface area contributed by atoms with Crippen LogP contribution in [0.2, 0.25) is 0 Å². The Morgan fingerprint density at radius 2 is 1.83 bits per heavy atom. The molecule has 6 aromatic rings. The molecule has 0 spiro atoms. The number of pyridine rings is 2. The molecule has 52 heavy (non-hydrogen) atoms. The number of likely N-dealkylation sites (tertiary alicyclic amines) is 1. The number of aliphatic hydroxyl groups excluding tert-OH is 1. The average molecular weight is 694 g/mol. The Morgan fingerprint density at radius 1 is 1.06 bits per heavy atom. The summed E-state index contributed by atoms with van der Waals surface area (Å²) in [6.45, 7) is 6.46. The van der Waals surface area contributed by atoms with Crippen LogP contribution in [-0.4, -0.2) is 68.3 Å². The minimum absolute atomic E-state index is 0.0885. The number of hydrogen-bond donors (Lipinski definition) is 3. The number of benzene rings is 3. The highest BCUT2D eigenvalue weighted by Crippen LogP contribution is 2.39. The van der Waals surface area contributed by atoms with Gasteiger partial charge in [0.05, 0.1) is 17.6 Å². The first-order chi connectivity index (χ1) is 25.2. The Balaban J connectivity index is 1.08. The Bertz CT molecular complexity index is 2390. The number of fused-ring (bicyclic) bond motifs is 2. The molecule has 0 amide bonds. The van der Waals surface area contributed by atoms with Gasteiger partial charge in [-0.15, -0.1) is 0 Å². The minimum atomic E-state index is -0.765. The fourth-order valence-corrected chi connectivity index (χ4v) is 7.58. The van der Waals surface area contributed by atoms with Gasteiger partial charge in [-0.1, -0.05) is 24.3 Å². The maximum Gasteiger partial charge on any atom is 0.306 e. The summed E-state index contributed by atoms with van der Waals surface area (Å²) in [4.78, 5) is 30.0. The third-order valence-electron chi connectivity index (χ3n) is 10.8. The van der Waals surface area contributed by atoms with E-state index in [1.807, 2.05) is 54.5 Å². The van der Waals surface area contributed by atoms with Crippen molar-refractivity contribution in [2.75, 3.05) is 30.4 Å². The second kappa shape index (κ2) is 13.4. The molecular formula is C41H39N7O4. The third kappa shape index (κ3) is 6.10. The van der Waals surface area contributed by atoms with E-state index in [1.54, 1.807) is 12.3 Å². The van der Waals surface area contributed by atoms with Gasteiger partial charge >= 0.3 is 5.97 Å². The molecule has 3 aromatic carbocycles. The van der Waals surface area contributed by atoms with Crippen molar-refractivity contribution in [2.45, 2.75) is 51.8 Å². The Morgan fingerprint density at radius 3 is 2.58 bits per heavy atom. The molecule has 1 saturated carbocycles. The molecule has 1 aliphatic heterocycles. The van der Waals surface area contributed by atoms with E-state index >= 15 is 0 Å². The standard InChI is InChI=1S/C41H39N7O4/c1-23-32(6-4-8-34(23)40-46-36-18-30(17-28(19-42)38(36)52-40)47(3)29-15-27(16-29)41(50)51)33-7-5-9-35(24(33)2)45-39-37-26(10-12-43-39)14-25(20-44-37)21-48-13-11-31(49)22-48/h4-10,12,14,17-18,20,27,29,31,49H,11,13,15-16,21-22H2,1-3H3,(H,43,45)(H,50,51). The van der Waals surface area contributed by atoms with Crippen LogP contribution in [0.4, 0.5) is 17.2 Å². The van der Waals surface area contributed by atoms with Crippen molar-refractivity contribution in [2.24, 2.45) is 5.92 Å². The Labute approximate surface area is 301 Å². The van der Waals surface area contributed by atoms with Crippen LogP contribution in [0.1, 0.15) is 41.5 Å². The zero-order valence-corrected chi connectivity index (χ0v) is 29.3. The number of anilines is 3. The molecule has 3 N–H and O–H groups in total. The highest BCUT2D eigenvalue weighted by atomic mass is 16.4. The van der Waals surface area contributed by atoms with Crippen LogP contribution < -0.4 is 10.2 Å². The van der Waals surface area contributed by atoms with Crippen molar-refractivity contribution >= 4 is 45.2 Å². The first-order valence-electron chi connectivity index (χ1n) is 17.6. The van der Waals surface area contributed by atoms with Gasteiger partial charge in [0.15, 0.2) is 11.4 Å². The van der Waals surface area contributed by atoms with Crippen molar-refractivity contribution in [3.8, 4) is 28.7 Å². The van der Waals surface area contributed by atoms with Crippen LogP contribution in [0, 0.1) is 31.1 Å². The molecule has 2 aliphatic rings. The SMILES string of the molecule is Cc1c(Nc2nccc3cc(CN4CCC(O)C4)cnc23)cccc1-c1cccc(-c2nc3cc(N(C)C4CC(C(=O)O)C4)cc(C#N)c3o2)c1C. The number of carboxylic acids is 1. The molecule has 4 heterocycles. The first-order valence-corrected chi connectivity index (χ1v) is 17.6. The monoisotopic (exact) mass is 693 g/mol. The maximum atomic E-state index is 11.4.